The average Bonchev–Trinajstić information content (AvgIpc) is 3.11. The lowest BCUT2D eigenvalue weighted by atomic mass is 10.2. The summed E-state index contributed by atoms with van der Waals surface area (Å²) >= 11 is 0. The van der Waals surface area contributed by atoms with Crippen LogP contribution >= 0.6 is 0 Å². The highest BCUT2D eigenvalue weighted by Crippen LogP contribution is 2.24. The maximum atomic E-state index is 13.2. The molecule has 31 heavy (non-hydrogen) atoms. The van der Waals surface area contributed by atoms with E-state index in [-0.39, 0.29) is 6.61 Å². The van der Waals surface area contributed by atoms with Crippen LogP contribution in [0.15, 0.2) is 47.4 Å². The molecule has 4 rings (SSSR count). The molecule has 1 fully saturated rings. The molecule has 0 aliphatic carbocycles. The summed E-state index contributed by atoms with van der Waals surface area (Å²) in [6, 6.07) is 13.5. The lowest BCUT2D eigenvalue weighted by Crippen LogP contribution is -2.49. The molecule has 166 valence electrons. The van der Waals surface area contributed by atoms with E-state index in [0.717, 1.165) is 22.2 Å². The first-order valence-corrected chi connectivity index (χ1v) is 11.9. The van der Waals surface area contributed by atoms with Gasteiger partial charge in [-0.2, -0.15) is 4.31 Å². The van der Waals surface area contributed by atoms with E-state index in [1.807, 2.05) is 50.2 Å². The van der Waals surface area contributed by atoms with Crippen LogP contribution in [0.5, 0.6) is 0 Å². The van der Waals surface area contributed by atoms with Gasteiger partial charge in [0.15, 0.2) is 0 Å². The molecule has 2 aromatic carbocycles. The van der Waals surface area contributed by atoms with Crippen molar-refractivity contribution in [3.05, 3.63) is 53.6 Å². The SMILES string of the molecule is Cc1ccc(C)c(S(=O)(=O)N2CCN(Cn3c(NCCO)nc4ccccc43)CC2)c1. The van der Waals surface area contributed by atoms with E-state index in [1.165, 1.54) is 0 Å². The maximum Gasteiger partial charge on any atom is 0.243 e. The molecule has 0 spiro atoms. The summed E-state index contributed by atoms with van der Waals surface area (Å²) < 4.78 is 30.0. The van der Waals surface area contributed by atoms with Crippen LogP contribution in [0, 0.1) is 13.8 Å². The minimum Gasteiger partial charge on any atom is -0.395 e. The van der Waals surface area contributed by atoms with E-state index in [2.05, 4.69) is 19.8 Å². The Labute approximate surface area is 183 Å². The van der Waals surface area contributed by atoms with E-state index < -0.39 is 10.0 Å². The molecule has 8 nitrogen and oxygen atoms in total. The van der Waals surface area contributed by atoms with Crippen molar-refractivity contribution in [2.24, 2.45) is 0 Å². The predicted octanol–water partition coefficient (Wildman–Crippen LogP) is 2.02. The molecule has 2 N–H and O–H groups in total. The van der Waals surface area contributed by atoms with Gasteiger partial charge in [0, 0.05) is 32.7 Å². The molecule has 0 saturated carbocycles. The van der Waals surface area contributed by atoms with Crippen molar-refractivity contribution in [3.8, 4) is 0 Å². The summed E-state index contributed by atoms with van der Waals surface area (Å²) in [7, 11) is -3.51. The molecular weight excluding hydrogens is 414 g/mol. The number of hydrogen-bond donors (Lipinski definition) is 2. The third-order valence-corrected chi connectivity index (χ3v) is 7.72. The number of aromatic nitrogens is 2. The van der Waals surface area contributed by atoms with Gasteiger partial charge in [-0.1, -0.05) is 24.3 Å². The fourth-order valence-corrected chi connectivity index (χ4v) is 5.69. The first-order valence-electron chi connectivity index (χ1n) is 10.5. The summed E-state index contributed by atoms with van der Waals surface area (Å²) in [5, 5.41) is 12.4. The molecule has 2 heterocycles. The number of para-hydroxylation sites is 2. The molecule has 1 aliphatic heterocycles. The number of sulfonamides is 1. The van der Waals surface area contributed by atoms with E-state index in [0.29, 0.717) is 50.2 Å². The second kappa shape index (κ2) is 8.96. The smallest absolute Gasteiger partial charge is 0.243 e. The van der Waals surface area contributed by atoms with Crippen LogP contribution < -0.4 is 5.32 Å². The van der Waals surface area contributed by atoms with Gasteiger partial charge >= 0.3 is 0 Å². The summed E-state index contributed by atoms with van der Waals surface area (Å²) in [5.41, 5.74) is 3.61. The third kappa shape index (κ3) is 4.45. The van der Waals surface area contributed by atoms with Crippen molar-refractivity contribution in [2.75, 3.05) is 44.6 Å². The van der Waals surface area contributed by atoms with Gasteiger partial charge in [0.25, 0.3) is 0 Å². The van der Waals surface area contributed by atoms with Gasteiger partial charge in [-0.25, -0.2) is 13.4 Å². The Morgan fingerprint density at radius 3 is 2.55 bits per heavy atom. The van der Waals surface area contributed by atoms with Gasteiger partial charge in [-0.3, -0.25) is 9.47 Å². The fraction of sp³-hybridized carbons (Fsp3) is 0.409. The van der Waals surface area contributed by atoms with Gasteiger partial charge in [-0.05, 0) is 43.2 Å². The van der Waals surface area contributed by atoms with Crippen LogP contribution in [-0.4, -0.2) is 71.6 Å². The highest BCUT2D eigenvalue weighted by molar-refractivity contribution is 7.89. The van der Waals surface area contributed by atoms with Crippen LogP contribution in [0.25, 0.3) is 11.0 Å². The number of aryl methyl sites for hydroxylation is 2. The van der Waals surface area contributed by atoms with E-state index in [9.17, 15) is 13.5 Å². The number of aliphatic hydroxyl groups is 1. The standard InChI is InChI=1S/C22H29N5O3S/c1-17-7-8-18(2)21(15-17)31(29,30)26-12-10-25(11-13-26)16-27-20-6-4-3-5-19(20)24-22(27)23-9-14-28/h3-8,15,28H,9-14,16H2,1-2H3,(H,23,24). The lowest BCUT2D eigenvalue weighted by Gasteiger charge is -2.34. The molecule has 9 heteroatoms. The highest BCUT2D eigenvalue weighted by Gasteiger charge is 2.30. The topological polar surface area (TPSA) is 90.7 Å². The number of benzene rings is 2. The molecule has 0 atom stereocenters. The van der Waals surface area contributed by atoms with Crippen molar-refractivity contribution >= 4 is 27.0 Å². The van der Waals surface area contributed by atoms with Crippen molar-refractivity contribution in [1.82, 2.24) is 18.8 Å². The summed E-state index contributed by atoms with van der Waals surface area (Å²) in [4.78, 5) is 7.26. The third-order valence-electron chi connectivity index (χ3n) is 5.68. The molecule has 0 amide bonds. The van der Waals surface area contributed by atoms with Gasteiger partial charge in [0.1, 0.15) is 0 Å². The Morgan fingerprint density at radius 1 is 1.06 bits per heavy atom. The minimum atomic E-state index is -3.51. The molecule has 0 unspecified atom stereocenters. The molecule has 1 aromatic heterocycles. The zero-order valence-corrected chi connectivity index (χ0v) is 18.8. The second-order valence-electron chi connectivity index (χ2n) is 7.94. The minimum absolute atomic E-state index is 0.0259. The van der Waals surface area contributed by atoms with Crippen molar-refractivity contribution in [1.29, 1.82) is 0 Å². The molecule has 0 bridgehead atoms. The highest BCUT2D eigenvalue weighted by atomic mass is 32.2. The van der Waals surface area contributed by atoms with Crippen LogP contribution in [0.3, 0.4) is 0 Å². The number of aliphatic hydroxyl groups excluding tert-OH is 1. The van der Waals surface area contributed by atoms with E-state index in [1.54, 1.807) is 10.4 Å². The Hall–Kier alpha value is -2.46. The first-order chi connectivity index (χ1) is 14.9. The average molecular weight is 444 g/mol. The Balaban J connectivity index is 1.49. The Bertz CT molecular complexity index is 1170. The number of imidazole rings is 1. The van der Waals surface area contributed by atoms with Gasteiger partial charge < -0.3 is 10.4 Å². The van der Waals surface area contributed by atoms with E-state index >= 15 is 0 Å². The predicted molar refractivity (Wildman–Crippen MR) is 122 cm³/mol. The Kier molecular flexibility index (Phi) is 6.29. The second-order valence-corrected chi connectivity index (χ2v) is 9.84. The number of hydrogen-bond acceptors (Lipinski definition) is 6. The first kappa shape index (κ1) is 21.8. The van der Waals surface area contributed by atoms with Crippen LogP contribution in [0.2, 0.25) is 0 Å². The fourth-order valence-electron chi connectivity index (χ4n) is 3.96. The quantitative estimate of drug-likeness (QED) is 0.581. The molecule has 0 radical (unpaired) electrons. The largest absolute Gasteiger partial charge is 0.395 e. The molecule has 1 aliphatic rings. The van der Waals surface area contributed by atoms with Crippen LogP contribution in [0.1, 0.15) is 11.1 Å². The zero-order chi connectivity index (χ0) is 22.0. The number of anilines is 1. The van der Waals surface area contributed by atoms with Crippen molar-refractivity contribution in [2.45, 2.75) is 25.4 Å². The molecular formula is C22H29N5O3S. The van der Waals surface area contributed by atoms with Crippen LogP contribution in [0.4, 0.5) is 5.95 Å². The summed E-state index contributed by atoms with van der Waals surface area (Å²) in [6.45, 7) is 6.96. The van der Waals surface area contributed by atoms with Gasteiger partial charge in [-0.15, -0.1) is 0 Å². The lowest BCUT2D eigenvalue weighted by molar-refractivity contribution is 0.155. The van der Waals surface area contributed by atoms with Crippen LogP contribution in [-0.2, 0) is 16.7 Å². The molecule has 3 aromatic rings. The van der Waals surface area contributed by atoms with Gasteiger partial charge in [0.2, 0.25) is 16.0 Å². The van der Waals surface area contributed by atoms with Gasteiger partial charge in [0.05, 0.1) is 29.2 Å². The zero-order valence-electron chi connectivity index (χ0n) is 18.0. The van der Waals surface area contributed by atoms with Crippen molar-refractivity contribution < 1.29 is 13.5 Å². The maximum absolute atomic E-state index is 13.2. The monoisotopic (exact) mass is 443 g/mol. The number of piperazine rings is 1. The number of rotatable bonds is 7. The Morgan fingerprint density at radius 2 is 1.81 bits per heavy atom. The normalized spacial score (nSPS) is 16.1. The van der Waals surface area contributed by atoms with Crippen molar-refractivity contribution in [3.63, 3.8) is 0 Å². The number of fused-ring (bicyclic) bond motifs is 1. The number of nitrogens with zero attached hydrogens (tertiary/aromatic N) is 4. The van der Waals surface area contributed by atoms with E-state index in [4.69, 9.17) is 0 Å². The molecule has 1 saturated heterocycles. The summed E-state index contributed by atoms with van der Waals surface area (Å²) in [5.74, 6) is 0.709. The summed E-state index contributed by atoms with van der Waals surface area (Å²) in [6.07, 6.45) is 0. The number of nitrogens with one attached hydrogen (secondary N) is 1.